The molecule has 0 saturated carbocycles. The average Bonchev–Trinajstić information content (AvgIpc) is 2.47. The third-order valence-corrected chi connectivity index (χ3v) is 3.39. The molecule has 0 bridgehead atoms. The summed E-state index contributed by atoms with van der Waals surface area (Å²) in [5.74, 6) is 1.39. The highest BCUT2D eigenvalue weighted by molar-refractivity contribution is 5.57. The SMILES string of the molecule is Cc1c(C#N)c(N)n(CCCCC(C)C)c1C. The van der Waals surface area contributed by atoms with Gasteiger partial charge in [0.25, 0.3) is 0 Å². The first-order valence-corrected chi connectivity index (χ1v) is 6.34. The van der Waals surface area contributed by atoms with Crippen LogP contribution in [0.4, 0.5) is 5.82 Å². The van der Waals surface area contributed by atoms with Gasteiger partial charge in [-0.1, -0.05) is 26.7 Å². The number of nitriles is 1. The maximum absolute atomic E-state index is 9.04. The van der Waals surface area contributed by atoms with Crippen molar-refractivity contribution in [2.45, 2.75) is 53.5 Å². The lowest BCUT2D eigenvalue weighted by Gasteiger charge is -2.09. The van der Waals surface area contributed by atoms with Crippen LogP contribution in [0.2, 0.25) is 0 Å². The third kappa shape index (κ3) is 3.03. The van der Waals surface area contributed by atoms with Crippen molar-refractivity contribution < 1.29 is 0 Å². The smallest absolute Gasteiger partial charge is 0.122 e. The number of unbranched alkanes of at least 4 members (excludes halogenated alkanes) is 1. The zero-order valence-corrected chi connectivity index (χ0v) is 11.4. The molecule has 0 aliphatic rings. The minimum Gasteiger partial charge on any atom is -0.384 e. The lowest BCUT2D eigenvalue weighted by atomic mass is 10.1. The van der Waals surface area contributed by atoms with E-state index in [4.69, 9.17) is 11.0 Å². The predicted molar refractivity (Wildman–Crippen MR) is 71.7 cm³/mol. The Balaban J connectivity index is 2.69. The van der Waals surface area contributed by atoms with Gasteiger partial charge in [0.15, 0.2) is 0 Å². The van der Waals surface area contributed by atoms with Gasteiger partial charge >= 0.3 is 0 Å². The fraction of sp³-hybridized carbons (Fsp3) is 0.643. The summed E-state index contributed by atoms with van der Waals surface area (Å²) in [6.07, 6.45) is 3.60. The van der Waals surface area contributed by atoms with Crippen molar-refractivity contribution in [3.63, 3.8) is 0 Å². The topological polar surface area (TPSA) is 54.7 Å². The van der Waals surface area contributed by atoms with E-state index in [1.807, 2.05) is 13.8 Å². The lowest BCUT2D eigenvalue weighted by molar-refractivity contribution is 0.508. The molecule has 3 nitrogen and oxygen atoms in total. The highest BCUT2D eigenvalue weighted by Crippen LogP contribution is 2.24. The van der Waals surface area contributed by atoms with Gasteiger partial charge in [0, 0.05) is 12.2 Å². The van der Waals surface area contributed by atoms with Crippen molar-refractivity contribution in [2.75, 3.05) is 5.73 Å². The van der Waals surface area contributed by atoms with Gasteiger partial charge in [-0.3, -0.25) is 0 Å². The van der Waals surface area contributed by atoms with E-state index < -0.39 is 0 Å². The van der Waals surface area contributed by atoms with Gasteiger partial charge < -0.3 is 10.3 Å². The molecule has 0 aliphatic heterocycles. The number of anilines is 1. The molecule has 0 saturated heterocycles. The molecule has 3 heteroatoms. The molecule has 0 aromatic carbocycles. The van der Waals surface area contributed by atoms with Gasteiger partial charge in [-0.15, -0.1) is 0 Å². The normalized spacial score (nSPS) is 10.8. The van der Waals surface area contributed by atoms with E-state index in [1.165, 1.54) is 12.8 Å². The third-order valence-electron chi connectivity index (χ3n) is 3.39. The van der Waals surface area contributed by atoms with Gasteiger partial charge in [-0.25, -0.2) is 0 Å². The van der Waals surface area contributed by atoms with E-state index in [0.717, 1.165) is 30.1 Å². The van der Waals surface area contributed by atoms with Crippen LogP contribution >= 0.6 is 0 Å². The number of nitrogens with two attached hydrogens (primary N) is 1. The summed E-state index contributed by atoms with van der Waals surface area (Å²) in [7, 11) is 0. The second-order valence-electron chi connectivity index (χ2n) is 5.12. The number of hydrogen-bond acceptors (Lipinski definition) is 2. The first kappa shape index (κ1) is 13.6. The monoisotopic (exact) mass is 233 g/mol. The van der Waals surface area contributed by atoms with E-state index in [0.29, 0.717) is 11.4 Å². The Bertz CT molecular complexity index is 422. The summed E-state index contributed by atoms with van der Waals surface area (Å²) in [5.41, 5.74) is 8.79. The van der Waals surface area contributed by atoms with Gasteiger partial charge in [0.1, 0.15) is 11.9 Å². The van der Waals surface area contributed by atoms with Crippen LogP contribution in [0.25, 0.3) is 0 Å². The Kier molecular flexibility index (Phi) is 4.62. The minimum atomic E-state index is 0.632. The molecule has 94 valence electrons. The van der Waals surface area contributed by atoms with Crippen molar-refractivity contribution in [3.8, 4) is 6.07 Å². The molecule has 17 heavy (non-hydrogen) atoms. The molecule has 1 aromatic rings. The molecule has 0 aliphatic carbocycles. The van der Waals surface area contributed by atoms with Crippen molar-refractivity contribution in [2.24, 2.45) is 5.92 Å². The van der Waals surface area contributed by atoms with Gasteiger partial charge in [-0.2, -0.15) is 5.26 Å². The van der Waals surface area contributed by atoms with E-state index in [2.05, 4.69) is 24.5 Å². The van der Waals surface area contributed by atoms with Gasteiger partial charge in [-0.05, 0) is 31.7 Å². The molecule has 1 rings (SSSR count). The Morgan fingerprint density at radius 1 is 1.29 bits per heavy atom. The average molecular weight is 233 g/mol. The molecule has 1 heterocycles. The molecule has 0 radical (unpaired) electrons. The Labute approximate surface area is 104 Å². The fourth-order valence-electron chi connectivity index (χ4n) is 2.14. The number of hydrogen-bond donors (Lipinski definition) is 1. The van der Waals surface area contributed by atoms with Crippen molar-refractivity contribution in [3.05, 3.63) is 16.8 Å². The first-order valence-electron chi connectivity index (χ1n) is 6.34. The van der Waals surface area contributed by atoms with E-state index in [1.54, 1.807) is 0 Å². The summed E-state index contributed by atoms with van der Waals surface area (Å²) in [6.45, 7) is 9.41. The number of aromatic nitrogens is 1. The van der Waals surface area contributed by atoms with Crippen LogP contribution in [-0.2, 0) is 6.54 Å². The minimum absolute atomic E-state index is 0.632. The molecular weight excluding hydrogens is 210 g/mol. The van der Waals surface area contributed by atoms with Crippen LogP contribution in [0, 0.1) is 31.1 Å². The largest absolute Gasteiger partial charge is 0.384 e. The molecule has 0 spiro atoms. The van der Waals surface area contributed by atoms with Crippen LogP contribution in [0.15, 0.2) is 0 Å². The first-order chi connectivity index (χ1) is 7.99. The summed E-state index contributed by atoms with van der Waals surface area (Å²) in [6, 6.07) is 2.19. The summed E-state index contributed by atoms with van der Waals surface area (Å²) in [4.78, 5) is 0. The van der Waals surface area contributed by atoms with Gasteiger partial charge in [0.05, 0.1) is 5.56 Å². The zero-order chi connectivity index (χ0) is 13.0. The van der Waals surface area contributed by atoms with E-state index in [9.17, 15) is 0 Å². The number of nitrogens with zero attached hydrogens (tertiary/aromatic N) is 2. The molecule has 1 aromatic heterocycles. The van der Waals surface area contributed by atoms with Crippen molar-refractivity contribution in [1.29, 1.82) is 5.26 Å². The predicted octanol–water partition coefficient (Wildman–Crippen LogP) is 3.39. The summed E-state index contributed by atoms with van der Waals surface area (Å²) >= 11 is 0. The van der Waals surface area contributed by atoms with Crippen molar-refractivity contribution >= 4 is 5.82 Å². The molecule has 0 fully saturated rings. The Hall–Kier alpha value is -1.43. The van der Waals surface area contributed by atoms with E-state index in [-0.39, 0.29) is 0 Å². The molecule has 0 unspecified atom stereocenters. The van der Waals surface area contributed by atoms with Gasteiger partial charge in [0.2, 0.25) is 0 Å². The highest BCUT2D eigenvalue weighted by Gasteiger charge is 2.14. The van der Waals surface area contributed by atoms with Crippen LogP contribution in [0.3, 0.4) is 0 Å². The second kappa shape index (κ2) is 5.77. The molecule has 2 N–H and O–H groups in total. The molecule has 0 amide bonds. The summed E-state index contributed by atoms with van der Waals surface area (Å²) in [5, 5.41) is 9.04. The maximum Gasteiger partial charge on any atom is 0.122 e. The van der Waals surface area contributed by atoms with Crippen LogP contribution in [-0.4, -0.2) is 4.57 Å². The Morgan fingerprint density at radius 3 is 2.41 bits per heavy atom. The second-order valence-corrected chi connectivity index (χ2v) is 5.12. The number of rotatable bonds is 5. The van der Waals surface area contributed by atoms with Crippen LogP contribution < -0.4 is 5.73 Å². The summed E-state index contributed by atoms with van der Waals surface area (Å²) < 4.78 is 2.08. The Morgan fingerprint density at radius 2 is 1.94 bits per heavy atom. The maximum atomic E-state index is 9.04. The van der Waals surface area contributed by atoms with Crippen LogP contribution in [0.1, 0.15) is 49.9 Å². The highest BCUT2D eigenvalue weighted by atomic mass is 15.1. The van der Waals surface area contributed by atoms with Crippen LogP contribution in [0.5, 0.6) is 0 Å². The van der Waals surface area contributed by atoms with Crippen molar-refractivity contribution in [1.82, 2.24) is 4.57 Å². The molecule has 0 atom stereocenters. The standard InChI is InChI=1S/C14H23N3/c1-10(2)7-5-6-8-17-12(4)11(3)13(9-15)14(17)16/h10H,5-8,16H2,1-4H3. The molecular formula is C14H23N3. The zero-order valence-electron chi connectivity index (χ0n) is 11.4. The van der Waals surface area contributed by atoms with E-state index >= 15 is 0 Å². The number of nitrogen functional groups attached to an aromatic ring is 1. The quantitative estimate of drug-likeness (QED) is 0.792. The fourth-order valence-corrected chi connectivity index (χ4v) is 2.14. The lowest BCUT2D eigenvalue weighted by Crippen LogP contribution is -2.05.